The Bertz CT molecular complexity index is 260. The van der Waals surface area contributed by atoms with E-state index in [9.17, 15) is 0 Å². The van der Waals surface area contributed by atoms with Gasteiger partial charge in [0.15, 0.2) is 0 Å². The van der Waals surface area contributed by atoms with Crippen molar-refractivity contribution in [2.24, 2.45) is 23.5 Å². The zero-order valence-corrected chi connectivity index (χ0v) is 13.3. The molecule has 0 radical (unpaired) electrons. The summed E-state index contributed by atoms with van der Waals surface area (Å²) in [7, 11) is 0. The quantitative estimate of drug-likeness (QED) is 0.762. The second-order valence-corrected chi connectivity index (χ2v) is 7.38. The van der Waals surface area contributed by atoms with E-state index < -0.39 is 0 Å². The van der Waals surface area contributed by atoms with Gasteiger partial charge in [-0.2, -0.15) is 0 Å². The fourth-order valence-corrected chi connectivity index (χ4v) is 3.69. The summed E-state index contributed by atoms with van der Waals surface area (Å²) in [5, 5.41) is 0. The molecule has 0 aromatic heterocycles. The summed E-state index contributed by atoms with van der Waals surface area (Å²) < 4.78 is 0. The second-order valence-electron chi connectivity index (χ2n) is 7.38. The van der Waals surface area contributed by atoms with Gasteiger partial charge in [0.1, 0.15) is 0 Å². The topological polar surface area (TPSA) is 29.3 Å². The van der Waals surface area contributed by atoms with Gasteiger partial charge in [-0.1, -0.05) is 19.8 Å². The van der Waals surface area contributed by atoms with Gasteiger partial charge in [0.2, 0.25) is 0 Å². The first-order valence-corrected chi connectivity index (χ1v) is 8.59. The highest BCUT2D eigenvalue weighted by atomic mass is 15.2. The predicted molar refractivity (Wildman–Crippen MR) is 83.1 cm³/mol. The Labute approximate surface area is 120 Å². The van der Waals surface area contributed by atoms with Crippen LogP contribution >= 0.6 is 0 Å². The maximum Gasteiger partial charge on any atom is 0.00795 e. The van der Waals surface area contributed by atoms with Crippen LogP contribution in [0.15, 0.2) is 0 Å². The molecule has 0 heterocycles. The minimum absolute atomic E-state index is 0.452. The van der Waals surface area contributed by atoms with Gasteiger partial charge in [0, 0.05) is 25.2 Å². The monoisotopic (exact) mass is 266 g/mol. The highest BCUT2D eigenvalue weighted by molar-refractivity contribution is 4.87. The summed E-state index contributed by atoms with van der Waals surface area (Å²) in [6.07, 6.45) is 9.66. The molecule has 2 saturated carbocycles. The summed E-state index contributed by atoms with van der Waals surface area (Å²) in [6.45, 7) is 9.58. The number of hydrogen-bond acceptors (Lipinski definition) is 2. The van der Waals surface area contributed by atoms with Gasteiger partial charge in [0.05, 0.1) is 0 Å². The third-order valence-corrected chi connectivity index (χ3v) is 5.24. The van der Waals surface area contributed by atoms with E-state index in [4.69, 9.17) is 5.73 Å². The second kappa shape index (κ2) is 7.08. The maximum absolute atomic E-state index is 6.41. The van der Waals surface area contributed by atoms with Gasteiger partial charge in [-0.25, -0.2) is 0 Å². The van der Waals surface area contributed by atoms with Crippen LogP contribution in [0.4, 0.5) is 0 Å². The van der Waals surface area contributed by atoms with Crippen molar-refractivity contribution < 1.29 is 0 Å². The third kappa shape index (κ3) is 4.75. The van der Waals surface area contributed by atoms with E-state index in [1.807, 2.05) is 0 Å². The fourth-order valence-electron chi connectivity index (χ4n) is 3.69. The Morgan fingerprint density at radius 2 is 1.74 bits per heavy atom. The Balaban J connectivity index is 1.85. The van der Waals surface area contributed by atoms with Gasteiger partial charge >= 0.3 is 0 Å². The van der Waals surface area contributed by atoms with Gasteiger partial charge in [-0.05, 0) is 63.7 Å². The van der Waals surface area contributed by atoms with Crippen molar-refractivity contribution >= 4 is 0 Å². The largest absolute Gasteiger partial charge is 0.327 e. The number of nitrogens with two attached hydrogens (primary N) is 1. The van der Waals surface area contributed by atoms with Crippen LogP contribution in [0, 0.1) is 17.8 Å². The molecular weight excluding hydrogens is 232 g/mol. The van der Waals surface area contributed by atoms with Crippen molar-refractivity contribution in [3.05, 3.63) is 0 Å². The maximum atomic E-state index is 6.41. The van der Waals surface area contributed by atoms with Crippen molar-refractivity contribution in [1.29, 1.82) is 0 Å². The molecule has 2 aliphatic rings. The lowest BCUT2D eigenvalue weighted by Gasteiger charge is -2.38. The van der Waals surface area contributed by atoms with Crippen LogP contribution in [0.5, 0.6) is 0 Å². The average Bonchev–Trinajstić information content (AvgIpc) is 3.16. The molecule has 19 heavy (non-hydrogen) atoms. The molecule has 0 aromatic rings. The number of hydrogen-bond donors (Lipinski definition) is 1. The lowest BCUT2D eigenvalue weighted by atomic mass is 9.76. The summed E-state index contributed by atoms with van der Waals surface area (Å²) >= 11 is 0. The van der Waals surface area contributed by atoms with Crippen molar-refractivity contribution in [3.63, 3.8) is 0 Å². The summed E-state index contributed by atoms with van der Waals surface area (Å²) in [6, 6.07) is 1.13. The Morgan fingerprint density at radius 3 is 2.32 bits per heavy atom. The fraction of sp³-hybridized carbons (Fsp3) is 1.00. The zero-order chi connectivity index (χ0) is 13.8. The van der Waals surface area contributed by atoms with Crippen LogP contribution in [-0.2, 0) is 0 Å². The van der Waals surface area contributed by atoms with E-state index in [1.54, 1.807) is 0 Å². The van der Waals surface area contributed by atoms with E-state index in [0.29, 0.717) is 12.1 Å². The van der Waals surface area contributed by atoms with Crippen LogP contribution in [0.3, 0.4) is 0 Å². The van der Waals surface area contributed by atoms with E-state index in [-0.39, 0.29) is 0 Å². The van der Waals surface area contributed by atoms with Gasteiger partial charge in [0.25, 0.3) is 0 Å². The van der Waals surface area contributed by atoms with Crippen molar-refractivity contribution in [2.75, 3.05) is 13.1 Å². The molecule has 2 fully saturated rings. The average molecular weight is 266 g/mol. The molecule has 0 spiro atoms. The Kier molecular flexibility index (Phi) is 5.70. The van der Waals surface area contributed by atoms with Crippen LogP contribution in [0.1, 0.15) is 65.7 Å². The first-order chi connectivity index (χ1) is 9.10. The SMILES string of the molecule is CCCC1CCC(N)C(CN(CC2CC2)C(C)C)C1. The Morgan fingerprint density at radius 1 is 1.05 bits per heavy atom. The molecule has 0 saturated heterocycles. The van der Waals surface area contributed by atoms with E-state index in [0.717, 1.165) is 17.8 Å². The van der Waals surface area contributed by atoms with Gasteiger partial charge < -0.3 is 10.6 Å². The van der Waals surface area contributed by atoms with Crippen molar-refractivity contribution in [1.82, 2.24) is 4.90 Å². The summed E-state index contributed by atoms with van der Waals surface area (Å²) in [5.41, 5.74) is 6.41. The van der Waals surface area contributed by atoms with Crippen LogP contribution in [-0.4, -0.2) is 30.1 Å². The Hall–Kier alpha value is -0.0800. The molecule has 0 bridgehead atoms. The first kappa shape index (κ1) is 15.3. The highest BCUT2D eigenvalue weighted by Crippen LogP contribution is 2.34. The van der Waals surface area contributed by atoms with Gasteiger partial charge in [-0.3, -0.25) is 0 Å². The number of nitrogens with zero attached hydrogens (tertiary/aromatic N) is 1. The molecule has 2 nitrogen and oxygen atoms in total. The van der Waals surface area contributed by atoms with Crippen molar-refractivity contribution in [2.45, 2.75) is 77.8 Å². The zero-order valence-electron chi connectivity index (χ0n) is 13.3. The lowest BCUT2D eigenvalue weighted by Crippen LogP contribution is -2.45. The standard InChI is InChI=1S/C17H34N2/c1-4-5-14-8-9-17(18)16(10-14)12-19(13(2)3)11-15-6-7-15/h13-17H,4-12,18H2,1-3H3. The van der Waals surface area contributed by atoms with Gasteiger partial charge in [-0.15, -0.1) is 0 Å². The first-order valence-electron chi connectivity index (χ1n) is 8.59. The summed E-state index contributed by atoms with van der Waals surface area (Å²) in [5.74, 6) is 2.69. The van der Waals surface area contributed by atoms with E-state index >= 15 is 0 Å². The molecular formula is C17H34N2. The van der Waals surface area contributed by atoms with Crippen molar-refractivity contribution in [3.8, 4) is 0 Å². The molecule has 2 heteroatoms. The molecule has 112 valence electrons. The van der Waals surface area contributed by atoms with Crippen LogP contribution in [0.2, 0.25) is 0 Å². The minimum Gasteiger partial charge on any atom is -0.327 e. The van der Waals surface area contributed by atoms with Crippen LogP contribution in [0.25, 0.3) is 0 Å². The predicted octanol–water partition coefficient (Wildman–Crippen LogP) is 3.65. The third-order valence-electron chi connectivity index (χ3n) is 5.24. The smallest absolute Gasteiger partial charge is 0.00795 e. The van der Waals surface area contributed by atoms with Crippen LogP contribution < -0.4 is 5.73 Å². The molecule has 3 atom stereocenters. The minimum atomic E-state index is 0.452. The molecule has 2 N–H and O–H groups in total. The molecule has 0 amide bonds. The van der Waals surface area contributed by atoms with E-state index in [2.05, 4.69) is 25.7 Å². The lowest BCUT2D eigenvalue weighted by molar-refractivity contribution is 0.126. The summed E-state index contributed by atoms with van der Waals surface area (Å²) in [4.78, 5) is 2.70. The number of rotatable bonds is 7. The highest BCUT2D eigenvalue weighted by Gasteiger charge is 2.32. The molecule has 2 aliphatic carbocycles. The molecule has 0 aliphatic heterocycles. The molecule has 3 unspecified atom stereocenters. The normalized spacial score (nSPS) is 32.2. The molecule has 0 aromatic carbocycles. The van der Waals surface area contributed by atoms with E-state index in [1.165, 1.54) is 58.0 Å². The molecule has 2 rings (SSSR count).